The predicted octanol–water partition coefficient (Wildman–Crippen LogP) is 2.85. The van der Waals surface area contributed by atoms with Crippen LogP contribution in [0.4, 0.5) is 0 Å². The van der Waals surface area contributed by atoms with E-state index in [9.17, 15) is 0 Å². The van der Waals surface area contributed by atoms with Crippen molar-refractivity contribution < 1.29 is 0 Å². The summed E-state index contributed by atoms with van der Waals surface area (Å²) in [5.41, 5.74) is 8.50. The fourth-order valence-electron chi connectivity index (χ4n) is 2.11. The molecule has 2 N–H and O–H groups in total. The van der Waals surface area contributed by atoms with Gasteiger partial charge in [0.05, 0.1) is 0 Å². The molecular weight excluding hydrogens is 182 g/mol. The summed E-state index contributed by atoms with van der Waals surface area (Å²) in [5.74, 6) is 0. The van der Waals surface area contributed by atoms with Gasteiger partial charge in [-0.3, -0.25) is 0 Å². The second-order valence-electron chi connectivity index (χ2n) is 4.04. The molecule has 70 valence electrons. The highest BCUT2D eigenvalue weighted by molar-refractivity contribution is 6.31. The van der Waals surface area contributed by atoms with Crippen LogP contribution in [0.2, 0.25) is 5.02 Å². The minimum atomic E-state index is -0.182. The highest BCUT2D eigenvalue weighted by Gasteiger charge is 2.28. The van der Waals surface area contributed by atoms with Crippen LogP contribution in [0.1, 0.15) is 30.9 Å². The van der Waals surface area contributed by atoms with Crippen LogP contribution in [-0.2, 0) is 12.0 Å². The molecule has 0 saturated carbocycles. The average molecular weight is 196 g/mol. The summed E-state index contributed by atoms with van der Waals surface area (Å²) in [6.45, 7) is 2.08. The van der Waals surface area contributed by atoms with Crippen molar-refractivity contribution in [2.75, 3.05) is 0 Å². The maximum Gasteiger partial charge on any atom is 0.0441 e. The molecule has 0 aromatic heterocycles. The van der Waals surface area contributed by atoms with Crippen molar-refractivity contribution >= 4 is 11.6 Å². The Hall–Kier alpha value is -0.530. The largest absolute Gasteiger partial charge is 0.322 e. The van der Waals surface area contributed by atoms with Gasteiger partial charge in [-0.25, -0.2) is 0 Å². The minimum absolute atomic E-state index is 0.182. The van der Waals surface area contributed by atoms with Crippen LogP contribution in [0.15, 0.2) is 18.2 Å². The van der Waals surface area contributed by atoms with Gasteiger partial charge in [0.25, 0.3) is 0 Å². The quantitative estimate of drug-likeness (QED) is 0.677. The van der Waals surface area contributed by atoms with E-state index in [1.54, 1.807) is 0 Å². The van der Waals surface area contributed by atoms with Gasteiger partial charge in [-0.05, 0) is 43.4 Å². The Labute approximate surface area is 83.9 Å². The molecule has 1 aliphatic rings. The molecule has 1 aromatic carbocycles. The first kappa shape index (κ1) is 9.04. The number of benzene rings is 1. The number of hydrogen-bond acceptors (Lipinski definition) is 1. The topological polar surface area (TPSA) is 26.0 Å². The molecule has 0 saturated heterocycles. The number of rotatable bonds is 0. The zero-order valence-corrected chi connectivity index (χ0v) is 8.56. The lowest BCUT2D eigenvalue weighted by Gasteiger charge is -2.32. The Morgan fingerprint density at radius 2 is 2.23 bits per heavy atom. The van der Waals surface area contributed by atoms with E-state index in [1.807, 2.05) is 12.1 Å². The summed E-state index contributed by atoms with van der Waals surface area (Å²) in [6.07, 6.45) is 3.27. The highest BCUT2D eigenvalue weighted by atomic mass is 35.5. The molecular formula is C11H14ClN. The first-order valence-corrected chi connectivity index (χ1v) is 5.06. The molecule has 2 heteroatoms. The maximum absolute atomic E-state index is 6.20. The van der Waals surface area contributed by atoms with Crippen LogP contribution in [0.25, 0.3) is 0 Å². The van der Waals surface area contributed by atoms with E-state index >= 15 is 0 Å². The van der Waals surface area contributed by atoms with Gasteiger partial charge in [0, 0.05) is 10.6 Å². The van der Waals surface area contributed by atoms with Gasteiger partial charge in [0.2, 0.25) is 0 Å². The summed E-state index contributed by atoms with van der Waals surface area (Å²) < 4.78 is 0. The fraction of sp³-hybridized carbons (Fsp3) is 0.455. The highest BCUT2D eigenvalue weighted by Crippen LogP contribution is 2.36. The number of hydrogen-bond donors (Lipinski definition) is 1. The van der Waals surface area contributed by atoms with E-state index < -0.39 is 0 Å². The van der Waals surface area contributed by atoms with Crippen molar-refractivity contribution in [2.24, 2.45) is 5.73 Å². The second-order valence-corrected chi connectivity index (χ2v) is 4.44. The molecule has 1 aromatic rings. The van der Waals surface area contributed by atoms with Crippen LogP contribution in [0.5, 0.6) is 0 Å². The Bertz CT molecular complexity index is 331. The summed E-state index contributed by atoms with van der Waals surface area (Å²) in [5, 5.41) is 0.869. The van der Waals surface area contributed by atoms with E-state index in [1.165, 1.54) is 11.1 Å². The first-order chi connectivity index (χ1) is 6.11. The van der Waals surface area contributed by atoms with Crippen LogP contribution >= 0.6 is 11.6 Å². The van der Waals surface area contributed by atoms with Crippen molar-refractivity contribution in [2.45, 2.75) is 31.7 Å². The third kappa shape index (κ3) is 1.47. The Kier molecular flexibility index (Phi) is 2.09. The monoisotopic (exact) mass is 195 g/mol. The molecule has 1 unspecified atom stereocenters. The van der Waals surface area contributed by atoms with Crippen LogP contribution < -0.4 is 5.73 Å². The SMILES string of the molecule is CC1(N)CCCc2c(Cl)cccc21. The zero-order valence-electron chi connectivity index (χ0n) is 7.81. The normalized spacial score (nSPS) is 27.0. The predicted molar refractivity (Wildman–Crippen MR) is 55.9 cm³/mol. The van der Waals surface area contributed by atoms with Crippen LogP contribution in [0.3, 0.4) is 0 Å². The fourth-order valence-corrected chi connectivity index (χ4v) is 2.38. The van der Waals surface area contributed by atoms with Gasteiger partial charge in [0.1, 0.15) is 0 Å². The summed E-state index contributed by atoms with van der Waals surface area (Å²) in [4.78, 5) is 0. The van der Waals surface area contributed by atoms with Crippen molar-refractivity contribution in [1.29, 1.82) is 0 Å². The molecule has 0 fully saturated rings. The summed E-state index contributed by atoms with van der Waals surface area (Å²) >= 11 is 6.11. The van der Waals surface area contributed by atoms with Gasteiger partial charge in [0.15, 0.2) is 0 Å². The minimum Gasteiger partial charge on any atom is -0.322 e. The number of fused-ring (bicyclic) bond motifs is 1. The Morgan fingerprint density at radius 3 is 2.92 bits per heavy atom. The van der Waals surface area contributed by atoms with Crippen molar-refractivity contribution in [3.05, 3.63) is 34.3 Å². The lowest BCUT2D eigenvalue weighted by Crippen LogP contribution is -2.36. The van der Waals surface area contributed by atoms with E-state index in [2.05, 4.69) is 13.0 Å². The summed E-state index contributed by atoms with van der Waals surface area (Å²) in [7, 11) is 0. The standard InChI is InChI=1S/C11H14ClN/c1-11(13)7-3-4-8-9(11)5-2-6-10(8)12/h2,5-6H,3-4,7,13H2,1H3. The molecule has 0 spiro atoms. The molecule has 0 bridgehead atoms. The lowest BCUT2D eigenvalue weighted by molar-refractivity contribution is 0.409. The lowest BCUT2D eigenvalue weighted by atomic mass is 9.78. The summed E-state index contributed by atoms with van der Waals surface area (Å²) in [6, 6.07) is 6.03. The molecule has 0 heterocycles. The van der Waals surface area contributed by atoms with E-state index in [-0.39, 0.29) is 5.54 Å². The van der Waals surface area contributed by atoms with Gasteiger partial charge in [-0.1, -0.05) is 23.7 Å². The average Bonchev–Trinajstić information content (AvgIpc) is 2.06. The van der Waals surface area contributed by atoms with Gasteiger partial charge < -0.3 is 5.73 Å². The second kappa shape index (κ2) is 3.00. The van der Waals surface area contributed by atoms with Crippen molar-refractivity contribution in [3.63, 3.8) is 0 Å². The van der Waals surface area contributed by atoms with Gasteiger partial charge in [-0.15, -0.1) is 0 Å². The molecule has 0 radical (unpaired) electrons. The van der Waals surface area contributed by atoms with E-state index in [0.717, 1.165) is 24.3 Å². The van der Waals surface area contributed by atoms with Gasteiger partial charge in [-0.2, -0.15) is 0 Å². The third-order valence-corrected chi connectivity index (χ3v) is 3.21. The Balaban J connectivity index is 2.58. The van der Waals surface area contributed by atoms with Gasteiger partial charge >= 0.3 is 0 Å². The molecule has 1 atom stereocenters. The molecule has 13 heavy (non-hydrogen) atoms. The van der Waals surface area contributed by atoms with Crippen molar-refractivity contribution in [3.8, 4) is 0 Å². The van der Waals surface area contributed by atoms with E-state index in [4.69, 9.17) is 17.3 Å². The van der Waals surface area contributed by atoms with Crippen LogP contribution in [-0.4, -0.2) is 0 Å². The van der Waals surface area contributed by atoms with E-state index in [0.29, 0.717) is 0 Å². The maximum atomic E-state index is 6.20. The van der Waals surface area contributed by atoms with Crippen LogP contribution in [0, 0.1) is 0 Å². The molecule has 1 aliphatic carbocycles. The number of nitrogens with two attached hydrogens (primary N) is 1. The Morgan fingerprint density at radius 1 is 1.46 bits per heavy atom. The molecule has 0 amide bonds. The third-order valence-electron chi connectivity index (χ3n) is 2.86. The molecule has 1 nitrogen and oxygen atoms in total. The molecule has 2 rings (SSSR count). The van der Waals surface area contributed by atoms with Crippen molar-refractivity contribution in [1.82, 2.24) is 0 Å². The molecule has 0 aliphatic heterocycles. The zero-order chi connectivity index (χ0) is 9.47. The first-order valence-electron chi connectivity index (χ1n) is 4.68. The smallest absolute Gasteiger partial charge is 0.0441 e. The number of halogens is 1.